The Morgan fingerprint density at radius 3 is 2.62 bits per heavy atom. The van der Waals surface area contributed by atoms with Crippen LogP contribution in [0.1, 0.15) is 26.7 Å². The molecule has 0 aliphatic rings. The Bertz CT molecular complexity index is 563. The van der Waals surface area contributed by atoms with Gasteiger partial charge in [-0.05, 0) is 45.4 Å². The van der Waals surface area contributed by atoms with Gasteiger partial charge in [-0.2, -0.15) is 4.21 Å². The first kappa shape index (κ1) is 21.1. The molecule has 138 valence electrons. The molecule has 2 N–H and O–H groups in total. The van der Waals surface area contributed by atoms with Crippen molar-refractivity contribution in [3.63, 3.8) is 0 Å². The van der Waals surface area contributed by atoms with E-state index in [1.54, 1.807) is 0 Å². The summed E-state index contributed by atoms with van der Waals surface area (Å²) in [6.07, 6.45) is 1.89. The summed E-state index contributed by atoms with van der Waals surface area (Å²) < 4.78 is 29.8. The Balaban J connectivity index is 2.14. The second kappa shape index (κ2) is 11.6. The number of nitrogens with zero attached hydrogens (tertiary/aromatic N) is 1. The summed E-state index contributed by atoms with van der Waals surface area (Å²) in [6.45, 7) is 8.34. The predicted octanol–water partition coefficient (Wildman–Crippen LogP) is 2.43. The molecule has 0 amide bonds. The lowest BCUT2D eigenvalue weighted by molar-refractivity contribution is 0.294. The maximum Gasteiger partial charge on any atom is 0.266 e. The van der Waals surface area contributed by atoms with Crippen molar-refractivity contribution in [1.29, 1.82) is 0 Å². The van der Waals surface area contributed by atoms with Crippen LogP contribution in [0.15, 0.2) is 24.3 Å². The summed E-state index contributed by atoms with van der Waals surface area (Å²) in [6, 6.07) is 8.16. The second-order valence-electron chi connectivity index (χ2n) is 5.22. The minimum atomic E-state index is -3.50. The molecule has 1 aromatic carbocycles. The van der Waals surface area contributed by atoms with Crippen molar-refractivity contribution in [1.82, 2.24) is 5.32 Å². The topological polar surface area (TPSA) is 71.0 Å². The van der Waals surface area contributed by atoms with Crippen LogP contribution in [0.5, 0.6) is 5.75 Å². The van der Waals surface area contributed by atoms with Crippen LogP contribution in [0.2, 0.25) is 0 Å². The maximum atomic E-state index is 10.7. The molecule has 0 spiro atoms. The lowest BCUT2D eigenvalue weighted by Gasteiger charge is -2.21. The first-order chi connectivity index (χ1) is 11.5. The summed E-state index contributed by atoms with van der Waals surface area (Å²) >= 11 is 4.22. The van der Waals surface area contributed by atoms with E-state index < -0.39 is 9.05 Å². The van der Waals surface area contributed by atoms with Gasteiger partial charge in [-0.1, -0.05) is 6.07 Å². The fraction of sp³-hybridized carbons (Fsp3) is 0.625. The SMILES string of the molecule is CCN(CC)c1cccc(OCCCCNCCOS(=O)(O)=S)c1. The molecular weight excluding hydrogens is 348 g/mol. The van der Waals surface area contributed by atoms with Crippen LogP contribution in [-0.2, 0) is 24.4 Å². The number of unbranched alkanes of at least 4 members (excludes halogenated alkanes) is 1. The molecule has 8 heteroatoms. The van der Waals surface area contributed by atoms with Gasteiger partial charge in [0.1, 0.15) is 5.75 Å². The first-order valence-electron chi connectivity index (χ1n) is 8.26. The van der Waals surface area contributed by atoms with Gasteiger partial charge in [0.2, 0.25) is 0 Å². The largest absolute Gasteiger partial charge is 0.494 e. The lowest BCUT2D eigenvalue weighted by Crippen LogP contribution is -2.22. The van der Waals surface area contributed by atoms with Crippen molar-refractivity contribution in [3.8, 4) is 5.75 Å². The molecule has 0 saturated heterocycles. The van der Waals surface area contributed by atoms with Gasteiger partial charge in [0.25, 0.3) is 9.05 Å². The monoisotopic (exact) mass is 376 g/mol. The zero-order chi connectivity index (χ0) is 17.8. The summed E-state index contributed by atoms with van der Waals surface area (Å²) in [4.78, 5) is 2.28. The van der Waals surface area contributed by atoms with Gasteiger partial charge in [-0.3, -0.25) is 8.74 Å². The van der Waals surface area contributed by atoms with Crippen LogP contribution in [0.25, 0.3) is 0 Å². The molecular formula is C16H28N2O4S2. The van der Waals surface area contributed by atoms with Crippen molar-refractivity contribution >= 4 is 25.9 Å². The number of nitrogens with one attached hydrogen (secondary N) is 1. The quantitative estimate of drug-likeness (QED) is 0.512. The molecule has 0 aliphatic heterocycles. The van der Waals surface area contributed by atoms with E-state index in [1.807, 2.05) is 12.1 Å². The minimum absolute atomic E-state index is 0.132. The fourth-order valence-electron chi connectivity index (χ4n) is 2.24. The number of hydrogen-bond acceptors (Lipinski definition) is 6. The van der Waals surface area contributed by atoms with Gasteiger partial charge in [0, 0.05) is 42.6 Å². The Kier molecular flexibility index (Phi) is 10.2. The Morgan fingerprint density at radius 2 is 1.96 bits per heavy atom. The number of hydrogen-bond donors (Lipinski definition) is 2. The molecule has 1 rings (SSSR count). The fourth-order valence-corrected chi connectivity index (χ4v) is 2.74. The van der Waals surface area contributed by atoms with Crippen molar-refractivity contribution in [3.05, 3.63) is 24.3 Å². The third-order valence-electron chi connectivity index (χ3n) is 3.47. The van der Waals surface area contributed by atoms with E-state index in [9.17, 15) is 4.21 Å². The molecule has 1 atom stereocenters. The number of rotatable bonds is 13. The molecule has 24 heavy (non-hydrogen) atoms. The molecule has 0 bridgehead atoms. The van der Waals surface area contributed by atoms with Gasteiger partial charge in [-0.25, -0.2) is 0 Å². The average molecular weight is 377 g/mol. The molecule has 0 saturated carbocycles. The molecule has 0 aliphatic carbocycles. The number of benzene rings is 1. The normalized spacial score (nSPS) is 13.5. The smallest absolute Gasteiger partial charge is 0.266 e. The van der Waals surface area contributed by atoms with Gasteiger partial charge in [0.15, 0.2) is 0 Å². The lowest BCUT2D eigenvalue weighted by atomic mass is 10.2. The first-order valence-corrected chi connectivity index (χ1v) is 10.6. The molecule has 0 aromatic heterocycles. The highest BCUT2D eigenvalue weighted by atomic mass is 32.9. The van der Waals surface area contributed by atoms with Crippen molar-refractivity contribution in [2.45, 2.75) is 26.7 Å². The van der Waals surface area contributed by atoms with Gasteiger partial charge in [-0.15, -0.1) is 0 Å². The summed E-state index contributed by atoms with van der Waals surface area (Å²) in [7, 11) is -3.50. The van der Waals surface area contributed by atoms with E-state index in [-0.39, 0.29) is 6.61 Å². The van der Waals surface area contributed by atoms with E-state index in [2.05, 4.69) is 51.6 Å². The summed E-state index contributed by atoms with van der Waals surface area (Å²) in [5, 5.41) is 3.13. The van der Waals surface area contributed by atoms with Crippen LogP contribution >= 0.6 is 0 Å². The van der Waals surface area contributed by atoms with E-state index in [1.165, 1.54) is 5.69 Å². The molecule has 0 fully saturated rings. The standard InChI is InChI=1S/C16H28N2O4S2/c1-3-18(4-2)15-8-7-9-16(14-15)21-12-6-5-10-17-11-13-22-24(19,20)23/h7-9,14,17H,3-6,10-13H2,1-2H3,(H,19,20,23). The number of anilines is 1. The third kappa shape index (κ3) is 9.39. The predicted molar refractivity (Wildman–Crippen MR) is 102 cm³/mol. The third-order valence-corrected chi connectivity index (χ3v) is 4.23. The van der Waals surface area contributed by atoms with Crippen LogP contribution in [-0.4, -0.2) is 48.2 Å². The number of ether oxygens (including phenoxy) is 1. The van der Waals surface area contributed by atoms with Crippen molar-refractivity contribution in [2.24, 2.45) is 0 Å². The molecule has 0 radical (unpaired) electrons. The maximum absolute atomic E-state index is 10.7. The van der Waals surface area contributed by atoms with Crippen LogP contribution in [0, 0.1) is 0 Å². The molecule has 1 unspecified atom stereocenters. The van der Waals surface area contributed by atoms with Crippen LogP contribution in [0.3, 0.4) is 0 Å². The minimum Gasteiger partial charge on any atom is -0.494 e. The zero-order valence-corrected chi connectivity index (χ0v) is 16.0. The average Bonchev–Trinajstić information content (AvgIpc) is 2.54. The van der Waals surface area contributed by atoms with Crippen molar-refractivity contribution in [2.75, 3.05) is 44.3 Å². The summed E-state index contributed by atoms with van der Waals surface area (Å²) in [5.41, 5.74) is 1.18. The van der Waals surface area contributed by atoms with Gasteiger partial charge >= 0.3 is 0 Å². The van der Waals surface area contributed by atoms with Gasteiger partial charge < -0.3 is 15.0 Å². The van der Waals surface area contributed by atoms with E-state index in [0.717, 1.165) is 38.2 Å². The highest BCUT2D eigenvalue weighted by Crippen LogP contribution is 2.21. The highest BCUT2D eigenvalue weighted by Gasteiger charge is 2.03. The van der Waals surface area contributed by atoms with E-state index in [0.29, 0.717) is 13.2 Å². The molecule has 1 aromatic rings. The molecule has 6 nitrogen and oxygen atoms in total. The Morgan fingerprint density at radius 1 is 1.21 bits per heavy atom. The Hall–Kier alpha value is -0.930. The Labute approximate surface area is 150 Å². The summed E-state index contributed by atoms with van der Waals surface area (Å²) in [5.74, 6) is 0.893. The molecule has 0 heterocycles. The van der Waals surface area contributed by atoms with Crippen LogP contribution < -0.4 is 15.0 Å². The van der Waals surface area contributed by atoms with E-state index >= 15 is 0 Å². The van der Waals surface area contributed by atoms with Crippen molar-refractivity contribution < 1.29 is 17.7 Å². The van der Waals surface area contributed by atoms with Gasteiger partial charge in [0.05, 0.1) is 13.2 Å². The van der Waals surface area contributed by atoms with E-state index in [4.69, 9.17) is 9.29 Å². The zero-order valence-electron chi connectivity index (χ0n) is 14.4. The van der Waals surface area contributed by atoms with Crippen LogP contribution in [0.4, 0.5) is 5.69 Å². The highest BCUT2D eigenvalue weighted by molar-refractivity contribution is 8.27. The second-order valence-corrected chi connectivity index (χ2v) is 7.58.